The Morgan fingerprint density at radius 1 is 1.06 bits per heavy atom. The predicted molar refractivity (Wildman–Crippen MR) is 138 cm³/mol. The highest BCUT2D eigenvalue weighted by molar-refractivity contribution is 6.35. The highest BCUT2D eigenvalue weighted by Crippen LogP contribution is 2.27. The van der Waals surface area contributed by atoms with Crippen molar-refractivity contribution in [3.8, 4) is 0 Å². The van der Waals surface area contributed by atoms with Gasteiger partial charge >= 0.3 is 0 Å². The molecule has 4 heterocycles. The predicted octanol–water partition coefficient (Wildman–Crippen LogP) is 1.89. The third-order valence-corrected chi connectivity index (χ3v) is 7.20. The monoisotopic (exact) mass is 531 g/mol. The van der Waals surface area contributed by atoms with Gasteiger partial charge in [-0.15, -0.1) is 10.2 Å². The van der Waals surface area contributed by atoms with Crippen molar-refractivity contribution in [3.05, 3.63) is 45.7 Å². The second-order valence-electron chi connectivity index (χ2n) is 8.96. The third-order valence-electron chi connectivity index (χ3n) is 6.62. The van der Waals surface area contributed by atoms with E-state index >= 15 is 0 Å². The molecule has 0 aliphatic carbocycles. The summed E-state index contributed by atoms with van der Waals surface area (Å²) in [4.78, 5) is 36.0. The van der Waals surface area contributed by atoms with Crippen LogP contribution in [-0.2, 0) is 11.3 Å². The number of fused-ring (bicyclic) bond motifs is 1. The van der Waals surface area contributed by atoms with Crippen molar-refractivity contribution in [3.63, 3.8) is 0 Å². The molecule has 190 valence electrons. The van der Waals surface area contributed by atoms with Crippen LogP contribution in [0.2, 0.25) is 10.0 Å². The lowest BCUT2D eigenvalue weighted by Gasteiger charge is -2.36. The van der Waals surface area contributed by atoms with Crippen molar-refractivity contribution in [2.24, 2.45) is 5.73 Å². The topological polar surface area (TPSA) is 125 Å². The maximum Gasteiger partial charge on any atom is 0.256 e. The molecule has 3 aromatic rings. The van der Waals surface area contributed by atoms with E-state index in [-0.39, 0.29) is 17.3 Å². The number of carbonyl (C=O) groups is 2. The molecule has 2 aliphatic rings. The maximum atomic E-state index is 12.8. The van der Waals surface area contributed by atoms with Crippen LogP contribution in [0.15, 0.2) is 24.5 Å². The van der Waals surface area contributed by atoms with Gasteiger partial charge in [0.05, 0.1) is 6.54 Å². The van der Waals surface area contributed by atoms with Gasteiger partial charge in [0.25, 0.3) is 5.91 Å². The van der Waals surface area contributed by atoms with Crippen molar-refractivity contribution >= 4 is 52.4 Å². The van der Waals surface area contributed by atoms with E-state index < -0.39 is 5.91 Å². The second kappa shape index (κ2) is 10.5. The number of nitrogens with zero attached hydrogens (tertiary/aromatic N) is 7. The number of anilines is 2. The summed E-state index contributed by atoms with van der Waals surface area (Å²) < 4.78 is 1.66. The van der Waals surface area contributed by atoms with Crippen molar-refractivity contribution in [1.29, 1.82) is 0 Å². The normalized spacial score (nSPS) is 16.6. The van der Waals surface area contributed by atoms with Gasteiger partial charge < -0.3 is 20.9 Å². The first-order valence-corrected chi connectivity index (χ1v) is 12.6. The summed E-state index contributed by atoms with van der Waals surface area (Å²) >= 11 is 12.3. The van der Waals surface area contributed by atoms with E-state index in [0.29, 0.717) is 60.9 Å². The second-order valence-corrected chi connectivity index (χ2v) is 9.81. The Labute approximate surface area is 218 Å². The Morgan fingerprint density at radius 3 is 2.50 bits per heavy atom. The van der Waals surface area contributed by atoms with Gasteiger partial charge in [-0.3, -0.25) is 18.9 Å². The number of primary amides is 1. The Morgan fingerprint density at radius 2 is 1.81 bits per heavy atom. The molecule has 0 radical (unpaired) electrons. The van der Waals surface area contributed by atoms with Gasteiger partial charge in [-0.05, 0) is 43.6 Å². The number of aromatic nitrogens is 4. The lowest BCUT2D eigenvalue weighted by Crippen LogP contribution is -2.51. The van der Waals surface area contributed by atoms with Crippen molar-refractivity contribution < 1.29 is 9.59 Å². The van der Waals surface area contributed by atoms with E-state index in [1.54, 1.807) is 22.6 Å². The van der Waals surface area contributed by atoms with Crippen LogP contribution in [0.25, 0.3) is 5.65 Å². The Balaban J connectivity index is 1.36. The molecule has 2 saturated heterocycles. The molecular formula is C23H27Cl2N9O2. The van der Waals surface area contributed by atoms with E-state index in [2.05, 4.69) is 25.3 Å². The minimum Gasteiger partial charge on any atom is -0.365 e. The highest BCUT2D eigenvalue weighted by Gasteiger charge is 2.28. The number of amides is 2. The zero-order valence-corrected chi connectivity index (χ0v) is 21.2. The van der Waals surface area contributed by atoms with Crippen LogP contribution in [0.4, 0.5) is 11.8 Å². The molecule has 2 aliphatic heterocycles. The molecule has 2 aromatic heterocycles. The summed E-state index contributed by atoms with van der Waals surface area (Å²) in [6, 6.07) is 5.20. The SMILES string of the molecule is NC(=O)c1c(NCc2ccc(Cl)cc2Cl)nc(N2CCN(C(=O)CN3CCCC3)CC2)n2cnnc12. The number of hydrogen-bond donors (Lipinski definition) is 2. The first-order chi connectivity index (χ1) is 17.4. The third kappa shape index (κ3) is 5.04. The summed E-state index contributed by atoms with van der Waals surface area (Å²) in [5, 5.41) is 12.3. The van der Waals surface area contributed by atoms with Crippen LogP contribution in [-0.4, -0.2) is 87.0 Å². The maximum absolute atomic E-state index is 12.8. The lowest BCUT2D eigenvalue weighted by molar-refractivity contribution is -0.132. The molecule has 11 nitrogen and oxygen atoms in total. The Bertz CT molecular complexity index is 1280. The molecule has 0 unspecified atom stereocenters. The van der Waals surface area contributed by atoms with E-state index in [9.17, 15) is 9.59 Å². The van der Waals surface area contributed by atoms with Crippen molar-refractivity contribution in [2.75, 3.05) is 56.0 Å². The standard InChI is InChI=1S/C23H27Cl2N9O2/c24-16-4-3-15(17(25)11-16)12-27-21-19(20(26)36)22-30-28-14-34(22)23(29-21)33-9-7-32(8-10-33)18(35)13-31-5-1-2-6-31/h3-4,11,14,27H,1-2,5-10,12-13H2,(H2,26,36). The molecular weight excluding hydrogens is 505 g/mol. The van der Waals surface area contributed by atoms with Gasteiger partial charge in [-0.1, -0.05) is 29.3 Å². The molecule has 0 atom stereocenters. The summed E-state index contributed by atoms with van der Waals surface area (Å²) in [5.41, 5.74) is 6.93. The molecule has 2 amide bonds. The molecule has 3 N–H and O–H groups in total. The zero-order chi connectivity index (χ0) is 25.2. The van der Waals surface area contributed by atoms with E-state index in [4.69, 9.17) is 33.9 Å². The Kier molecular flexibility index (Phi) is 7.13. The molecule has 2 fully saturated rings. The largest absolute Gasteiger partial charge is 0.365 e. The number of carbonyl (C=O) groups excluding carboxylic acids is 2. The van der Waals surface area contributed by atoms with Gasteiger partial charge in [0.1, 0.15) is 17.7 Å². The molecule has 0 spiro atoms. The minimum absolute atomic E-state index is 0.140. The number of benzene rings is 1. The lowest BCUT2D eigenvalue weighted by atomic mass is 10.2. The first kappa shape index (κ1) is 24.5. The summed E-state index contributed by atoms with van der Waals surface area (Å²) in [7, 11) is 0. The van der Waals surface area contributed by atoms with Crippen LogP contribution in [0.5, 0.6) is 0 Å². The summed E-state index contributed by atoms with van der Waals surface area (Å²) in [6.45, 7) is 5.09. The molecule has 1 aromatic carbocycles. The number of hydrogen-bond acceptors (Lipinski definition) is 8. The smallest absolute Gasteiger partial charge is 0.256 e. The van der Waals surface area contributed by atoms with Crippen molar-refractivity contribution in [2.45, 2.75) is 19.4 Å². The number of nitrogens with two attached hydrogens (primary N) is 1. The summed E-state index contributed by atoms with van der Waals surface area (Å²) in [5.74, 6) is 0.340. The van der Waals surface area contributed by atoms with E-state index in [1.165, 1.54) is 6.33 Å². The van der Waals surface area contributed by atoms with Crippen molar-refractivity contribution in [1.82, 2.24) is 29.4 Å². The molecule has 0 bridgehead atoms. The van der Waals surface area contributed by atoms with Crippen LogP contribution >= 0.6 is 23.2 Å². The number of nitrogens with one attached hydrogen (secondary N) is 1. The van der Waals surface area contributed by atoms with Crippen LogP contribution in [0.3, 0.4) is 0 Å². The summed E-state index contributed by atoms with van der Waals surface area (Å²) in [6.07, 6.45) is 3.82. The fourth-order valence-corrected chi connectivity index (χ4v) is 5.15. The van der Waals surface area contributed by atoms with Gasteiger partial charge in [-0.25, -0.2) is 0 Å². The molecule has 36 heavy (non-hydrogen) atoms. The number of piperazine rings is 1. The van der Waals surface area contributed by atoms with Gasteiger partial charge in [0.2, 0.25) is 11.9 Å². The first-order valence-electron chi connectivity index (χ1n) is 11.9. The van der Waals surface area contributed by atoms with Gasteiger partial charge in [0.15, 0.2) is 5.65 Å². The number of likely N-dealkylation sites (tertiary alicyclic amines) is 1. The molecule has 5 rings (SSSR count). The average Bonchev–Trinajstić information content (AvgIpc) is 3.55. The number of halogens is 2. The molecule has 0 saturated carbocycles. The average molecular weight is 532 g/mol. The fourth-order valence-electron chi connectivity index (χ4n) is 4.68. The quantitative estimate of drug-likeness (QED) is 0.473. The van der Waals surface area contributed by atoms with Crippen LogP contribution in [0, 0.1) is 0 Å². The molecule has 13 heteroatoms. The van der Waals surface area contributed by atoms with Crippen LogP contribution < -0.4 is 16.0 Å². The van der Waals surface area contributed by atoms with Gasteiger partial charge in [-0.2, -0.15) is 4.98 Å². The highest BCUT2D eigenvalue weighted by atomic mass is 35.5. The fraction of sp³-hybridized carbons (Fsp3) is 0.435. The minimum atomic E-state index is -0.672. The number of rotatable bonds is 7. The Hall–Kier alpha value is -3.15. The van der Waals surface area contributed by atoms with E-state index in [0.717, 1.165) is 31.5 Å². The van der Waals surface area contributed by atoms with Crippen LogP contribution in [0.1, 0.15) is 28.8 Å². The van der Waals surface area contributed by atoms with Gasteiger partial charge in [0, 0.05) is 42.8 Å². The van der Waals surface area contributed by atoms with E-state index in [1.807, 2.05) is 4.90 Å². The zero-order valence-electron chi connectivity index (χ0n) is 19.7.